The Balaban J connectivity index is 1.76. The molecule has 0 fully saturated rings. The summed E-state index contributed by atoms with van der Waals surface area (Å²) in [6.07, 6.45) is 1.04. The van der Waals surface area contributed by atoms with E-state index in [1.54, 1.807) is 11.3 Å². The lowest BCUT2D eigenvalue weighted by atomic mass is 10.1. The molecule has 4 heteroatoms. The maximum atomic E-state index is 4.69. The summed E-state index contributed by atoms with van der Waals surface area (Å²) in [5.74, 6) is 0. The van der Waals surface area contributed by atoms with E-state index in [1.807, 2.05) is 0 Å². The predicted octanol–water partition coefficient (Wildman–Crippen LogP) is 3.16. The van der Waals surface area contributed by atoms with Gasteiger partial charge in [-0.15, -0.1) is 11.3 Å². The van der Waals surface area contributed by atoms with Crippen LogP contribution in [0, 0.1) is 0 Å². The van der Waals surface area contributed by atoms with Crippen molar-refractivity contribution in [2.75, 3.05) is 25.0 Å². The quantitative estimate of drug-likeness (QED) is 0.864. The van der Waals surface area contributed by atoms with Gasteiger partial charge in [0.05, 0.1) is 10.7 Å². The fourth-order valence-electron chi connectivity index (χ4n) is 2.70. The molecule has 1 aromatic heterocycles. The van der Waals surface area contributed by atoms with Crippen molar-refractivity contribution in [1.82, 2.24) is 9.88 Å². The summed E-state index contributed by atoms with van der Waals surface area (Å²) in [7, 11) is 2.18. The maximum Gasteiger partial charge on any atom is 0.0926 e. The van der Waals surface area contributed by atoms with E-state index in [9.17, 15) is 0 Å². The van der Waals surface area contributed by atoms with Crippen molar-refractivity contribution in [3.63, 3.8) is 0 Å². The highest BCUT2D eigenvalue weighted by molar-refractivity contribution is 7.09. The monoisotopic (exact) mass is 287 g/mol. The topological polar surface area (TPSA) is 19.4 Å². The second-order valence-corrected chi connectivity index (χ2v) is 6.29. The molecule has 0 atom stereocenters. The van der Waals surface area contributed by atoms with Crippen LogP contribution in [0.5, 0.6) is 0 Å². The van der Waals surface area contributed by atoms with Gasteiger partial charge in [0, 0.05) is 44.3 Å². The van der Waals surface area contributed by atoms with Gasteiger partial charge in [0.2, 0.25) is 0 Å². The molecule has 0 amide bonds. The number of likely N-dealkylation sites (N-methyl/N-ethyl adjacent to an activating group) is 1. The molecule has 1 aliphatic heterocycles. The first-order valence-corrected chi connectivity index (χ1v) is 8.09. The standard InChI is InChI=1S/C16H21N3S/c1-3-16-17-14(12-20-16)11-19-9-8-18(2)15-7-5-4-6-13(15)10-19/h4-7,12H,3,8-11H2,1-2H3. The summed E-state index contributed by atoms with van der Waals surface area (Å²) in [4.78, 5) is 9.54. The minimum atomic E-state index is 0.957. The molecule has 0 bridgehead atoms. The lowest BCUT2D eigenvalue weighted by Crippen LogP contribution is -2.29. The summed E-state index contributed by atoms with van der Waals surface area (Å²) >= 11 is 1.78. The third-order valence-electron chi connectivity index (χ3n) is 3.84. The number of rotatable bonds is 3. The number of hydrogen-bond acceptors (Lipinski definition) is 4. The molecule has 0 saturated carbocycles. The molecule has 1 aromatic carbocycles. The molecule has 0 saturated heterocycles. The number of aryl methyl sites for hydroxylation is 1. The van der Waals surface area contributed by atoms with Crippen molar-refractivity contribution in [3.05, 3.63) is 45.9 Å². The summed E-state index contributed by atoms with van der Waals surface area (Å²) in [5, 5.41) is 3.45. The van der Waals surface area contributed by atoms with Crippen LogP contribution in [0.2, 0.25) is 0 Å². The Morgan fingerprint density at radius 3 is 2.90 bits per heavy atom. The van der Waals surface area contributed by atoms with Gasteiger partial charge in [0.1, 0.15) is 0 Å². The van der Waals surface area contributed by atoms with Gasteiger partial charge in [0.25, 0.3) is 0 Å². The Morgan fingerprint density at radius 1 is 1.25 bits per heavy atom. The highest BCUT2D eigenvalue weighted by atomic mass is 32.1. The number of benzene rings is 1. The molecule has 3 rings (SSSR count). The second-order valence-electron chi connectivity index (χ2n) is 5.35. The molecule has 3 nitrogen and oxygen atoms in total. The minimum Gasteiger partial charge on any atom is -0.373 e. The zero-order valence-corrected chi connectivity index (χ0v) is 13.0. The van der Waals surface area contributed by atoms with Crippen molar-refractivity contribution < 1.29 is 0 Å². The Morgan fingerprint density at radius 2 is 2.10 bits per heavy atom. The van der Waals surface area contributed by atoms with Crippen LogP contribution in [0.15, 0.2) is 29.6 Å². The molecule has 0 unspecified atom stereocenters. The van der Waals surface area contributed by atoms with E-state index < -0.39 is 0 Å². The fraction of sp³-hybridized carbons (Fsp3) is 0.438. The van der Waals surface area contributed by atoms with Crippen molar-refractivity contribution in [2.24, 2.45) is 0 Å². The number of anilines is 1. The van der Waals surface area contributed by atoms with E-state index in [-0.39, 0.29) is 0 Å². The van der Waals surface area contributed by atoms with E-state index >= 15 is 0 Å². The Bertz CT molecular complexity index is 579. The average molecular weight is 287 g/mol. The van der Waals surface area contributed by atoms with Crippen LogP contribution < -0.4 is 4.90 Å². The molecule has 1 aliphatic rings. The van der Waals surface area contributed by atoms with Gasteiger partial charge in [-0.1, -0.05) is 25.1 Å². The van der Waals surface area contributed by atoms with Crippen molar-refractivity contribution in [3.8, 4) is 0 Å². The Labute approximate surface area is 124 Å². The molecule has 0 radical (unpaired) electrons. The van der Waals surface area contributed by atoms with Crippen LogP contribution in [0.1, 0.15) is 23.2 Å². The van der Waals surface area contributed by atoms with Crippen LogP contribution >= 0.6 is 11.3 Å². The lowest BCUT2D eigenvalue weighted by Gasteiger charge is -2.19. The molecule has 2 heterocycles. The molecule has 0 N–H and O–H groups in total. The molecule has 20 heavy (non-hydrogen) atoms. The third kappa shape index (κ3) is 2.86. The average Bonchev–Trinajstić information content (AvgIpc) is 2.86. The molecule has 0 aliphatic carbocycles. The first-order chi connectivity index (χ1) is 9.76. The van der Waals surface area contributed by atoms with Crippen LogP contribution in [0.25, 0.3) is 0 Å². The number of nitrogens with zero attached hydrogens (tertiary/aromatic N) is 3. The largest absolute Gasteiger partial charge is 0.373 e. The van der Waals surface area contributed by atoms with E-state index in [4.69, 9.17) is 4.98 Å². The highest BCUT2D eigenvalue weighted by Crippen LogP contribution is 2.24. The third-order valence-corrected chi connectivity index (χ3v) is 4.88. The number of thiazole rings is 1. The van der Waals surface area contributed by atoms with Crippen molar-refractivity contribution >= 4 is 17.0 Å². The first-order valence-electron chi connectivity index (χ1n) is 7.21. The van der Waals surface area contributed by atoms with Gasteiger partial charge in [-0.05, 0) is 18.1 Å². The summed E-state index contributed by atoms with van der Waals surface area (Å²) in [6, 6.07) is 8.71. The minimum absolute atomic E-state index is 0.957. The number of para-hydroxylation sites is 1. The normalized spacial score (nSPS) is 16.0. The van der Waals surface area contributed by atoms with Gasteiger partial charge >= 0.3 is 0 Å². The Kier molecular flexibility index (Phi) is 4.03. The van der Waals surface area contributed by atoms with Crippen LogP contribution in [0.3, 0.4) is 0 Å². The molecule has 2 aromatic rings. The second kappa shape index (κ2) is 5.94. The van der Waals surface area contributed by atoms with Gasteiger partial charge < -0.3 is 4.90 Å². The summed E-state index contributed by atoms with van der Waals surface area (Å²) < 4.78 is 0. The summed E-state index contributed by atoms with van der Waals surface area (Å²) in [5.41, 5.74) is 4.00. The first kappa shape index (κ1) is 13.6. The maximum absolute atomic E-state index is 4.69. The van der Waals surface area contributed by atoms with E-state index in [2.05, 4.69) is 53.4 Å². The number of hydrogen-bond donors (Lipinski definition) is 0. The van der Waals surface area contributed by atoms with Gasteiger partial charge in [0.15, 0.2) is 0 Å². The van der Waals surface area contributed by atoms with Gasteiger partial charge in [-0.2, -0.15) is 0 Å². The number of fused-ring (bicyclic) bond motifs is 1. The predicted molar refractivity (Wildman–Crippen MR) is 85.3 cm³/mol. The SMILES string of the molecule is CCc1nc(CN2CCN(C)c3ccccc3C2)cs1. The fourth-order valence-corrected chi connectivity index (χ4v) is 3.43. The molecular weight excluding hydrogens is 266 g/mol. The van der Waals surface area contributed by atoms with Gasteiger partial charge in [-0.25, -0.2) is 4.98 Å². The highest BCUT2D eigenvalue weighted by Gasteiger charge is 2.17. The lowest BCUT2D eigenvalue weighted by molar-refractivity contribution is 0.266. The van der Waals surface area contributed by atoms with E-state index in [0.29, 0.717) is 0 Å². The van der Waals surface area contributed by atoms with Crippen LogP contribution in [-0.2, 0) is 19.5 Å². The molecule has 106 valence electrons. The van der Waals surface area contributed by atoms with Crippen LogP contribution in [-0.4, -0.2) is 30.0 Å². The molecular formula is C16H21N3S. The van der Waals surface area contributed by atoms with Crippen molar-refractivity contribution in [2.45, 2.75) is 26.4 Å². The number of aromatic nitrogens is 1. The van der Waals surface area contributed by atoms with Crippen molar-refractivity contribution in [1.29, 1.82) is 0 Å². The zero-order valence-electron chi connectivity index (χ0n) is 12.2. The van der Waals surface area contributed by atoms with Gasteiger partial charge in [-0.3, -0.25) is 4.90 Å². The zero-order chi connectivity index (χ0) is 13.9. The molecule has 0 spiro atoms. The summed E-state index contributed by atoms with van der Waals surface area (Å²) in [6.45, 7) is 6.30. The van der Waals surface area contributed by atoms with E-state index in [0.717, 1.165) is 32.6 Å². The Hall–Kier alpha value is -1.39. The smallest absolute Gasteiger partial charge is 0.0926 e. The van der Waals surface area contributed by atoms with Crippen LogP contribution in [0.4, 0.5) is 5.69 Å². The van der Waals surface area contributed by atoms with E-state index in [1.165, 1.54) is 22.0 Å².